The van der Waals surface area contributed by atoms with Crippen molar-refractivity contribution >= 4 is 23.5 Å². The van der Waals surface area contributed by atoms with E-state index in [1.54, 1.807) is 12.3 Å². The summed E-state index contributed by atoms with van der Waals surface area (Å²) in [5, 5.41) is 17.6. The van der Waals surface area contributed by atoms with E-state index in [1.165, 1.54) is 18.6 Å². The van der Waals surface area contributed by atoms with Crippen molar-refractivity contribution in [1.82, 2.24) is 5.01 Å². The van der Waals surface area contributed by atoms with Gasteiger partial charge in [0.25, 0.3) is 5.69 Å². The van der Waals surface area contributed by atoms with Crippen LogP contribution in [-0.4, -0.2) is 28.2 Å². The number of rotatable bonds is 3. The summed E-state index contributed by atoms with van der Waals surface area (Å²) in [6.07, 6.45) is 5.15. The molecule has 0 unspecified atom stereocenters. The second-order valence-electron chi connectivity index (χ2n) is 5.22. The molecule has 0 saturated carbocycles. The lowest BCUT2D eigenvalue weighted by atomic mass is 10.00. The van der Waals surface area contributed by atoms with E-state index in [-0.39, 0.29) is 10.7 Å². The van der Waals surface area contributed by atoms with Crippen molar-refractivity contribution in [3.8, 4) is 0 Å². The van der Waals surface area contributed by atoms with Crippen LogP contribution < -0.4 is 0 Å². The SMILES string of the molecule is C[C@H]1CCC[C@H](C)N1/N=C\c1ccc(Cl)c([N+](=O)[O-])c1. The van der Waals surface area contributed by atoms with E-state index in [4.69, 9.17) is 11.6 Å². The van der Waals surface area contributed by atoms with Gasteiger partial charge in [-0.25, -0.2) is 0 Å². The average Bonchev–Trinajstić information content (AvgIpc) is 2.39. The van der Waals surface area contributed by atoms with Crippen LogP contribution in [0.2, 0.25) is 5.02 Å². The number of halogens is 1. The van der Waals surface area contributed by atoms with E-state index >= 15 is 0 Å². The fraction of sp³-hybridized carbons (Fsp3) is 0.500. The Kier molecular flexibility index (Phi) is 4.60. The molecular weight excluding hydrogens is 278 g/mol. The van der Waals surface area contributed by atoms with E-state index in [9.17, 15) is 10.1 Å². The summed E-state index contributed by atoms with van der Waals surface area (Å²) in [5.74, 6) is 0. The minimum Gasteiger partial charge on any atom is -0.292 e. The predicted molar refractivity (Wildman–Crippen MR) is 80.3 cm³/mol. The molecule has 0 bridgehead atoms. The maximum atomic E-state index is 10.9. The highest BCUT2D eigenvalue weighted by Crippen LogP contribution is 2.25. The highest BCUT2D eigenvalue weighted by atomic mass is 35.5. The van der Waals surface area contributed by atoms with Gasteiger partial charge in [-0.1, -0.05) is 17.7 Å². The fourth-order valence-corrected chi connectivity index (χ4v) is 2.71. The van der Waals surface area contributed by atoms with Crippen LogP contribution in [-0.2, 0) is 0 Å². The fourth-order valence-electron chi connectivity index (χ4n) is 2.52. The van der Waals surface area contributed by atoms with Gasteiger partial charge < -0.3 is 0 Å². The van der Waals surface area contributed by atoms with Crippen molar-refractivity contribution in [2.75, 3.05) is 0 Å². The molecule has 1 heterocycles. The molecule has 108 valence electrons. The van der Waals surface area contributed by atoms with Crippen LogP contribution in [0.25, 0.3) is 0 Å². The molecule has 1 aromatic rings. The van der Waals surface area contributed by atoms with Crippen LogP contribution in [0.15, 0.2) is 23.3 Å². The molecule has 0 aliphatic carbocycles. The van der Waals surface area contributed by atoms with Crippen molar-refractivity contribution in [3.05, 3.63) is 38.9 Å². The molecule has 0 amide bonds. The summed E-state index contributed by atoms with van der Waals surface area (Å²) in [7, 11) is 0. The Balaban J connectivity index is 2.18. The monoisotopic (exact) mass is 295 g/mol. The lowest BCUT2D eigenvalue weighted by molar-refractivity contribution is -0.384. The van der Waals surface area contributed by atoms with Gasteiger partial charge in [-0.2, -0.15) is 5.10 Å². The summed E-state index contributed by atoms with van der Waals surface area (Å²) in [5.41, 5.74) is 0.599. The molecule has 1 aliphatic heterocycles. The maximum Gasteiger partial charge on any atom is 0.288 e. The van der Waals surface area contributed by atoms with Gasteiger partial charge in [-0.3, -0.25) is 15.1 Å². The molecule has 5 nitrogen and oxygen atoms in total. The Hall–Kier alpha value is -1.62. The molecule has 1 aromatic carbocycles. The molecule has 2 rings (SSSR count). The van der Waals surface area contributed by atoms with Crippen molar-refractivity contribution in [3.63, 3.8) is 0 Å². The zero-order valence-electron chi connectivity index (χ0n) is 11.6. The number of benzene rings is 1. The summed E-state index contributed by atoms with van der Waals surface area (Å²) in [6, 6.07) is 5.52. The van der Waals surface area contributed by atoms with Crippen molar-refractivity contribution in [2.24, 2.45) is 5.10 Å². The number of hydrogen-bond donors (Lipinski definition) is 0. The molecular formula is C14H18ClN3O2. The van der Waals surface area contributed by atoms with E-state index in [0.717, 1.165) is 12.8 Å². The second-order valence-corrected chi connectivity index (χ2v) is 5.63. The summed E-state index contributed by atoms with van der Waals surface area (Å²) in [4.78, 5) is 10.4. The minimum absolute atomic E-state index is 0.0876. The Labute approximate surface area is 123 Å². The van der Waals surface area contributed by atoms with E-state index < -0.39 is 4.92 Å². The lowest BCUT2D eigenvalue weighted by Gasteiger charge is -2.36. The first kappa shape index (κ1) is 14.8. The quantitative estimate of drug-likeness (QED) is 0.483. The van der Waals surface area contributed by atoms with Gasteiger partial charge in [-0.05, 0) is 39.2 Å². The largest absolute Gasteiger partial charge is 0.292 e. The van der Waals surface area contributed by atoms with Gasteiger partial charge in [0, 0.05) is 23.7 Å². The first-order valence-electron chi connectivity index (χ1n) is 6.75. The summed E-state index contributed by atoms with van der Waals surface area (Å²) in [6.45, 7) is 4.30. The number of piperidine rings is 1. The number of nitrogens with zero attached hydrogens (tertiary/aromatic N) is 3. The molecule has 0 radical (unpaired) electrons. The lowest BCUT2D eigenvalue weighted by Crippen LogP contribution is -2.39. The number of nitro benzene ring substituents is 1. The Morgan fingerprint density at radius 3 is 2.65 bits per heavy atom. The first-order valence-corrected chi connectivity index (χ1v) is 7.13. The van der Waals surface area contributed by atoms with Gasteiger partial charge in [0.2, 0.25) is 0 Å². The van der Waals surface area contributed by atoms with Crippen LogP contribution >= 0.6 is 11.6 Å². The van der Waals surface area contributed by atoms with Gasteiger partial charge >= 0.3 is 0 Å². The Bertz CT molecular complexity index is 523. The molecule has 0 N–H and O–H groups in total. The number of hydrazone groups is 1. The maximum absolute atomic E-state index is 10.9. The Morgan fingerprint density at radius 1 is 1.40 bits per heavy atom. The van der Waals surface area contributed by atoms with E-state index in [2.05, 4.69) is 24.0 Å². The van der Waals surface area contributed by atoms with Crippen LogP contribution in [0, 0.1) is 10.1 Å². The van der Waals surface area contributed by atoms with Crippen LogP contribution in [0.4, 0.5) is 5.69 Å². The Morgan fingerprint density at radius 2 is 2.05 bits per heavy atom. The van der Waals surface area contributed by atoms with E-state index in [0.29, 0.717) is 17.6 Å². The molecule has 6 heteroatoms. The number of hydrogen-bond acceptors (Lipinski definition) is 4. The number of nitro groups is 1. The normalized spacial score (nSPS) is 23.2. The average molecular weight is 296 g/mol. The van der Waals surface area contributed by atoms with Crippen molar-refractivity contribution in [1.29, 1.82) is 0 Å². The van der Waals surface area contributed by atoms with Crippen molar-refractivity contribution < 1.29 is 4.92 Å². The topological polar surface area (TPSA) is 58.7 Å². The van der Waals surface area contributed by atoms with Crippen LogP contribution in [0.5, 0.6) is 0 Å². The van der Waals surface area contributed by atoms with Gasteiger partial charge in [0.1, 0.15) is 5.02 Å². The van der Waals surface area contributed by atoms with E-state index in [1.807, 2.05) is 0 Å². The third kappa shape index (κ3) is 3.28. The molecule has 2 atom stereocenters. The molecule has 1 fully saturated rings. The predicted octanol–water partition coefficient (Wildman–Crippen LogP) is 3.85. The van der Waals surface area contributed by atoms with Gasteiger partial charge in [0.15, 0.2) is 0 Å². The highest BCUT2D eigenvalue weighted by Gasteiger charge is 2.22. The standard InChI is InChI=1S/C14H18ClN3O2/c1-10-4-3-5-11(2)17(10)16-9-12-6-7-13(15)14(8-12)18(19)20/h6-11H,3-5H2,1-2H3/b16-9-/t10-,11-/m0/s1. The summed E-state index contributed by atoms with van der Waals surface area (Å²) < 4.78 is 0. The first-order chi connectivity index (χ1) is 9.49. The van der Waals surface area contributed by atoms with Gasteiger partial charge in [0.05, 0.1) is 11.1 Å². The molecule has 1 aliphatic rings. The molecule has 0 spiro atoms. The minimum atomic E-state index is -0.480. The third-order valence-corrected chi connectivity index (χ3v) is 3.97. The summed E-state index contributed by atoms with van der Waals surface area (Å²) >= 11 is 5.79. The zero-order chi connectivity index (χ0) is 14.7. The highest BCUT2D eigenvalue weighted by molar-refractivity contribution is 6.32. The third-order valence-electron chi connectivity index (χ3n) is 3.65. The molecule has 1 saturated heterocycles. The van der Waals surface area contributed by atoms with Crippen LogP contribution in [0.3, 0.4) is 0 Å². The van der Waals surface area contributed by atoms with Gasteiger partial charge in [-0.15, -0.1) is 0 Å². The van der Waals surface area contributed by atoms with Crippen LogP contribution in [0.1, 0.15) is 38.7 Å². The molecule has 20 heavy (non-hydrogen) atoms. The smallest absolute Gasteiger partial charge is 0.288 e. The van der Waals surface area contributed by atoms with Crippen molar-refractivity contribution in [2.45, 2.75) is 45.2 Å². The second kappa shape index (κ2) is 6.22. The zero-order valence-corrected chi connectivity index (χ0v) is 12.4. The molecule has 0 aromatic heterocycles.